The number of carboxylic acids is 2. The van der Waals surface area contributed by atoms with Crippen molar-refractivity contribution < 1.29 is 139 Å². The summed E-state index contributed by atoms with van der Waals surface area (Å²) in [5.41, 5.74) is -0.661. The summed E-state index contributed by atoms with van der Waals surface area (Å²) in [7, 11) is 6.44. The van der Waals surface area contributed by atoms with Gasteiger partial charge in [-0.2, -0.15) is 4.90 Å². The van der Waals surface area contributed by atoms with Crippen LogP contribution < -0.4 is 135 Å². The van der Waals surface area contributed by atoms with E-state index in [1.165, 1.54) is 20.4 Å². The molecule has 4 heterocycles. The first-order valence-electron chi connectivity index (χ1n) is 13.1. The van der Waals surface area contributed by atoms with E-state index in [1.807, 2.05) is 0 Å². The van der Waals surface area contributed by atoms with E-state index in [2.05, 4.69) is 42.1 Å². The minimum absolute atomic E-state index is 0. The number of aliphatic imine (C=N–C) groups is 1. The number of nitrogens with one attached hydrogen (secondary N) is 1. The minimum atomic E-state index is -0.882. The maximum atomic E-state index is 12.3. The molecule has 0 spiro atoms. The molecule has 0 radical (unpaired) electrons. The molecule has 1 aliphatic heterocycles. The third kappa shape index (κ3) is 14.8. The molecule has 0 saturated heterocycles. The zero-order valence-corrected chi connectivity index (χ0v) is 34.7. The van der Waals surface area contributed by atoms with Crippen molar-refractivity contribution in [3.8, 4) is 0 Å². The zero-order valence-electron chi connectivity index (χ0n) is 27.9. The Labute approximate surface area is 362 Å². The van der Waals surface area contributed by atoms with Gasteiger partial charge in [0.25, 0.3) is 18.4 Å². The van der Waals surface area contributed by atoms with Crippen LogP contribution in [-0.4, -0.2) is 75.6 Å². The van der Waals surface area contributed by atoms with Crippen molar-refractivity contribution in [2.75, 3.05) is 17.3 Å². The van der Waals surface area contributed by atoms with Gasteiger partial charge in [0.2, 0.25) is 0 Å². The summed E-state index contributed by atoms with van der Waals surface area (Å²) in [6.07, 6.45) is 7.00. The number of alkyl halides is 1. The maximum Gasteiger partial charge on any atom is 1.00 e. The fourth-order valence-corrected chi connectivity index (χ4v) is 4.11. The maximum absolute atomic E-state index is 12.3. The Balaban J connectivity index is -0.000000627. The number of carboxylic acid groups (broad SMARTS) is 2. The van der Waals surface area contributed by atoms with Gasteiger partial charge in [-0.25, -0.2) is 23.9 Å². The third-order valence-corrected chi connectivity index (χ3v) is 6.51. The molecule has 0 fully saturated rings. The van der Waals surface area contributed by atoms with Crippen LogP contribution in [-0.2, 0) is 47.0 Å². The molecular formula is C25H34BrK2N8O11+. The summed E-state index contributed by atoms with van der Waals surface area (Å²) in [5, 5.41) is 26.0. The van der Waals surface area contributed by atoms with Gasteiger partial charge in [-0.3, -0.25) is 33.3 Å². The second kappa shape index (κ2) is 24.5. The first-order valence-corrected chi connectivity index (χ1v) is 14.2. The third-order valence-electron chi connectivity index (χ3n) is 5.95. The molecule has 0 aliphatic carbocycles. The predicted molar refractivity (Wildman–Crippen MR) is 163 cm³/mol. The van der Waals surface area contributed by atoms with Gasteiger partial charge in [-0.1, -0.05) is 15.9 Å². The van der Waals surface area contributed by atoms with Gasteiger partial charge in [0.15, 0.2) is 11.2 Å². The molecule has 248 valence electrons. The zero-order chi connectivity index (χ0) is 34.3. The molecule has 3 aromatic heterocycles. The molecule has 1 aliphatic rings. The van der Waals surface area contributed by atoms with Crippen LogP contribution in [0.2, 0.25) is 0 Å². The summed E-state index contributed by atoms with van der Waals surface area (Å²) in [4.78, 5) is 89.8. The molecule has 0 atom stereocenters. The van der Waals surface area contributed by atoms with Crippen LogP contribution in [0.5, 0.6) is 0 Å². The Morgan fingerprint density at radius 3 is 2.09 bits per heavy atom. The van der Waals surface area contributed by atoms with Gasteiger partial charge in [-0.15, -0.1) is 0 Å². The number of aromatic nitrogens is 6. The fourth-order valence-electron chi connectivity index (χ4n) is 3.71. The number of aryl methyl sites for hydroxylation is 2. The Morgan fingerprint density at radius 2 is 1.57 bits per heavy atom. The molecule has 0 bridgehead atoms. The number of carbonyl (C=O) groups excluding carboxylic acids is 1. The number of halogens is 1. The van der Waals surface area contributed by atoms with Crippen molar-refractivity contribution in [2.24, 2.45) is 26.1 Å². The van der Waals surface area contributed by atoms with Crippen molar-refractivity contribution in [3.05, 3.63) is 48.0 Å². The SMILES string of the molecule is CN1[C+]=Nc2c1c(=O)[nH]c(=O)n2C.Cn1cnc2c1c(=O)n(CCCCC(=O)O)c(=O)n2C.O=C(O)CCCCBr.O=CO[O-].[H-].[K+].[K+]. The Kier molecular flexibility index (Phi) is 24.7. The van der Waals surface area contributed by atoms with Gasteiger partial charge in [-0.05, 0) is 30.7 Å². The number of anilines is 1. The Bertz CT molecular complexity index is 1750. The van der Waals surface area contributed by atoms with E-state index in [-0.39, 0.29) is 124 Å². The topological polar surface area (TPSA) is 256 Å². The van der Waals surface area contributed by atoms with Gasteiger partial charge < -0.3 is 26.4 Å². The number of fused-ring (bicyclic) bond motifs is 2. The van der Waals surface area contributed by atoms with Gasteiger partial charge in [0.1, 0.15) is 0 Å². The number of nitrogens with zero attached hydrogens (tertiary/aromatic N) is 7. The summed E-state index contributed by atoms with van der Waals surface area (Å²) in [5.74, 6) is -1.24. The molecule has 0 saturated carbocycles. The molecule has 22 heteroatoms. The molecule has 19 nitrogen and oxygen atoms in total. The Hall–Kier alpha value is -1.67. The van der Waals surface area contributed by atoms with Crippen LogP contribution in [0.1, 0.15) is 40.0 Å². The number of rotatable bonds is 10. The minimum Gasteiger partial charge on any atom is -1.00 e. The number of carbonyl (C=O) groups is 3. The van der Waals surface area contributed by atoms with E-state index in [0.717, 1.165) is 22.7 Å². The predicted octanol–water partition coefficient (Wildman–Crippen LogP) is -7.06. The summed E-state index contributed by atoms with van der Waals surface area (Å²) in [6, 6.07) is 0. The number of hydrogen-bond acceptors (Lipinski definition) is 12. The second-order valence-electron chi connectivity index (χ2n) is 9.17. The van der Waals surface area contributed by atoms with Crippen molar-refractivity contribution in [2.45, 2.75) is 45.1 Å². The standard InChI is InChI=1S/C12H16N4O4.C7H6N4O2.C5H9BrO2.CH2O3.2K.H/c1-14-7-13-10-9(14)11(19)16(12(20)15(10)2)6-4-3-5-8(17)18;1-10-3-8-5-4(10)6(12)9-7(13)11(5)2;6-4-2-1-3-5(7)8;2-1-4-3;;;/h7H,3-6H2,1-2H3,(H,17,18);1-2H3;1-4H2,(H,7,8);1,3H;;;/q;;;;2*+1;-1. The number of H-pyrrole nitrogens is 1. The van der Waals surface area contributed by atoms with Crippen LogP contribution in [0.25, 0.3) is 11.2 Å². The first-order chi connectivity index (χ1) is 21.2. The average Bonchev–Trinajstić information content (AvgIpc) is 3.58. The van der Waals surface area contributed by atoms with E-state index in [1.54, 1.807) is 32.8 Å². The van der Waals surface area contributed by atoms with Crippen molar-refractivity contribution in [1.82, 2.24) is 28.2 Å². The summed E-state index contributed by atoms with van der Waals surface area (Å²) < 4.78 is 5.30. The summed E-state index contributed by atoms with van der Waals surface area (Å²) >= 11 is 3.21. The fraction of sp³-hybridized carbons (Fsp3) is 0.480. The molecule has 3 aromatic rings. The van der Waals surface area contributed by atoms with E-state index < -0.39 is 34.4 Å². The van der Waals surface area contributed by atoms with Gasteiger partial charge in [0.05, 0.1) is 13.4 Å². The van der Waals surface area contributed by atoms with Gasteiger partial charge in [0, 0.05) is 45.9 Å². The molecule has 0 amide bonds. The van der Waals surface area contributed by atoms with E-state index in [0.29, 0.717) is 41.9 Å². The second-order valence-corrected chi connectivity index (χ2v) is 9.96. The molecule has 4 rings (SSSR count). The largest absolute Gasteiger partial charge is 1.00 e. The summed E-state index contributed by atoms with van der Waals surface area (Å²) in [6.45, 7) is 0.0277. The van der Waals surface area contributed by atoms with Crippen molar-refractivity contribution in [3.63, 3.8) is 0 Å². The van der Waals surface area contributed by atoms with E-state index in [4.69, 9.17) is 20.3 Å². The first kappa shape index (κ1) is 47.4. The van der Waals surface area contributed by atoms with Crippen LogP contribution in [0.15, 0.2) is 30.5 Å². The number of unbranched alkanes of at least 4 members (excludes halogenated alkanes) is 2. The smallest absolute Gasteiger partial charge is 1.00 e. The molecule has 0 aromatic carbocycles. The molecule has 3 N–H and O–H groups in total. The van der Waals surface area contributed by atoms with E-state index in [9.17, 15) is 28.8 Å². The number of aliphatic carboxylic acids is 2. The van der Waals surface area contributed by atoms with Crippen LogP contribution in [0.4, 0.5) is 11.5 Å². The monoisotopic (exact) mass is 779 g/mol. The normalized spacial score (nSPS) is 10.3. The number of imidazole rings is 1. The number of hydrogen-bond donors (Lipinski definition) is 3. The van der Waals surface area contributed by atoms with Crippen LogP contribution >= 0.6 is 15.9 Å². The van der Waals surface area contributed by atoms with Crippen LogP contribution in [0, 0.1) is 0 Å². The molecular weight excluding hydrogens is 746 g/mol. The van der Waals surface area contributed by atoms with Gasteiger partial charge >= 0.3 is 143 Å². The van der Waals surface area contributed by atoms with Crippen LogP contribution in [0.3, 0.4) is 0 Å². The average molecular weight is 781 g/mol. The van der Waals surface area contributed by atoms with Crippen molar-refractivity contribution >= 4 is 63.3 Å². The van der Waals surface area contributed by atoms with Crippen molar-refractivity contribution in [1.29, 1.82) is 0 Å². The van der Waals surface area contributed by atoms with E-state index >= 15 is 0 Å². The molecule has 0 unspecified atom stereocenters. The Morgan fingerprint density at radius 1 is 1.02 bits per heavy atom. The quantitative estimate of drug-likeness (QED) is 0.0329. The molecule has 47 heavy (non-hydrogen) atoms. The number of aromatic amines is 1.